The van der Waals surface area contributed by atoms with Crippen LogP contribution in [-0.2, 0) is 13.0 Å². The molecule has 1 aliphatic rings. The van der Waals surface area contributed by atoms with Crippen molar-refractivity contribution in [2.24, 2.45) is 0 Å². The molecule has 3 rings (SSSR count). The molecular weight excluding hydrogens is 270 g/mol. The van der Waals surface area contributed by atoms with E-state index in [1.54, 1.807) is 0 Å². The van der Waals surface area contributed by atoms with Gasteiger partial charge in [-0.15, -0.1) is 0 Å². The summed E-state index contributed by atoms with van der Waals surface area (Å²) in [6, 6.07) is 0.194. The van der Waals surface area contributed by atoms with Crippen LogP contribution in [-0.4, -0.2) is 31.7 Å². The molecule has 1 saturated heterocycles. The lowest BCUT2D eigenvalue weighted by Gasteiger charge is -2.19. The molecule has 1 atom stereocenters. The number of aromatic nitrogens is 4. The third-order valence-electron chi connectivity index (χ3n) is 3.80. The quantitative estimate of drug-likeness (QED) is 0.808. The van der Waals surface area contributed by atoms with Gasteiger partial charge in [-0.2, -0.15) is 9.97 Å². The second-order valence-corrected chi connectivity index (χ2v) is 5.51. The Hall–Kier alpha value is -1.76. The van der Waals surface area contributed by atoms with E-state index < -0.39 is 0 Å². The van der Waals surface area contributed by atoms with Crippen molar-refractivity contribution in [2.75, 3.05) is 6.54 Å². The molecule has 1 aliphatic heterocycles. The number of rotatable bonds is 6. The van der Waals surface area contributed by atoms with Gasteiger partial charge in [0.2, 0.25) is 11.8 Å². The molecule has 0 radical (unpaired) electrons. The molecule has 0 spiro atoms. The highest BCUT2D eigenvalue weighted by molar-refractivity contribution is 4.99. The van der Waals surface area contributed by atoms with Gasteiger partial charge in [-0.05, 0) is 25.8 Å². The van der Waals surface area contributed by atoms with E-state index in [4.69, 9.17) is 9.05 Å². The molecule has 7 heteroatoms. The van der Waals surface area contributed by atoms with E-state index in [-0.39, 0.29) is 6.04 Å². The number of hydrogen-bond acceptors (Lipinski definition) is 7. The largest absolute Gasteiger partial charge is 0.340 e. The summed E-state index contributed by atoms with van der Waals surface area (Å²) in [6.07, 6.45) is 5.23. The molecule has 1 fully saturated rings. The molecule has 114 valence electrons. The van der Waals surface area contributed by atoms with Gasteiger partial charge in [0.05, 0.1) is 12.6 Å². The molecule has 0 amide bonds. The zero-order chi connectivity index (χ0) is 14.7. The van der Waals surface area contributed by atoms with Crippen LogP contribution in [0.3, 0.4) is 0 Å². The Balaban J connectivity index is 1.64. The second kappa shape index (κ2) is 6.34. The molecular formula is C14H21N5O2. The first kappa shape index (κ1) is 14.2. The van der Waals surface area contributed by atoms with E-state index >= 15 is 0 Å². The maximum absolute atomic E-state index is 5.28. The Labute approximate surface area is 123 Å². The first-order valence-corrected chi connectivity index (χ1v) is 7.62. The zero-order valence-electron chi connectivity index (χ0n) is 12.6. The number of nitrogens with zero attached hydrogens (tertiary/aromatic N) is 5. The first-order valence-electron chi connectivity index (χ1n) is 7.62. The molecule has 0 saturated carbocycles. The van der Waals surface area contributed by atoms with E-state index in [1.165, 1.54) is 0 Å². The van der Waals surface area contributed by atoms with E-state index in [0.29, 0.717) is 12.4 Å². The summed E-state index contributed by atoms with van der Waals surface area (Å²) in [7, 11) is 0. The summed E-state index contributed by atoms with van der Waals surface area (Å²) in [5, 5.41) is 8.12. The average Bonchev–Trinajstić information content (AvgIpc) is 3.18. The van der Waals surface area contributed by atoms with Crippen molar-refractivity contribution in [3.05, 3.63) is 23.4 Å². The van der Waals surface area contributed by atoms with Gasteiger partial charge in [0.15, 0.2) is 11.6 Å². The SMILES string of the molecule is CCCCc1nc(CN2CCC[C@H]2c2noc(C)n2)no1. The first-order chi connectivity index (χ1) is 10.3. The van der Waals surface area contributed by atoms with Gasteiger partial charge in [0.1, 0.15) is 0 Å². The number of hydrogen-bond donors (Lipinski definition) is 0. The zero-order valence-corrected chi connectivity index (χ0v) is 12.6. The van der Waals surface area contributed by atoms with Crippen molar-refractivity contribution in [3.8, 4) is 0 Å². The van der Waals surface area contributed by atoms with Gasteiger partial charge in [-0.3, -0.25) is 4.90 Å². The van der Waals surface area contributed by atoms with Crippen LogP contribution in [0, 0.1) is 6.92 Å². The molecule has 21 heavy (non-hydrogen) atoms. The molecule has 3 heterocycles. The lowest BCUT2D eigenvalue weighted by Crippen LogP contribution is -2.24. The Kier molecular flexibility index (Phi) is 4.28. The highest BCUT2D eigenvalue weighted by Gasteiger charge is 2.30. The van der Waals surface area contributed by atoms with Gasteiger partial charge in [-0.1, -0.05) is 23.7 Å². The van der Waals surface area contributed by atoms with Crippen molar-refractivity contribution >= 4 is 0 Å². The molecule has 0 aliphatic carbocycles. The molecule has 0 unspecified atom stereocenters. The summed E-state index contributed by atoms with van der Waals surface area (Å²) >= 11 is 0. The monoisotopic (exact) mass is 291 g/mol. The van der Waals surface area contributed by atoms with Gasteiger partial charge in [0, 0.05) is 13.3 Å². The van der Waals surface area contributed by atoms with Crippen molar-refractivity contribution in [1.29, 1.82) is 0 Å². The van der Waals surface area contributed by atoms with Crippen LogP contribution in [0.15, 0.2) is 9.05 Å². The minimum Gasteiger partial charge on any atom is -0.340 e. The van der Waals surface area contributed by atoms with Crippen LogP contribution in [0.2, 0.25) is 0 Å². The van der Waals surface area contributed by atoms with Crippen molar-refractivity contribution in [1.82, 2.24) is 25.2 Å². The standard InChI is InChI=1S/C14H21N5O2/c1-3-4-7-13-16-12(17-21-13)9-19-8-5-6-11(19)14-15-10(2)20-18-14/h11H,3-9H2,1-2H3/t11-/m0/s1. The predicted octanol–water partition coefficient (Wildman–Crippen LogP) is 2.44. The third kappa shape index (κ3) is 3.29. The van der Waals surface area contributed by atoms with Gasteiger partial charge >= 0.3 is 0 Å². The molecule has 0 N–H and O–H groups in total. The molecule has 2 aromatic rings. The number of aryl methyl sites for hydroxylation is 2. The highest BCUT2D eigenvalue weighted by Crippen LogP contribution is 2.31. The number of unbranched alkanes of at least 4 members (excludes halogenated alkanes) is 1. The summed E-state index contributed by atoms with van der Waals surface area (Å²) < 4.78 is 10.4. The van der Waals surface area contributed by atoms with Gasteiger partial charge < -0.3 is 9.05 Å². The fraction of sp³-hybridized carbons (Fsp3) is 0.714. The van der Waals surface area contributed by atoms with Gasteiger partial charge in [-0.25, -0.2) is 0 Å². The summed E-state index contributed by atoms with van der Waals surface area (Å²) in [6.45, 7) is 5.64. The smallest absolute Gasteiger partial charge is 0.226 e. The Morgan fingerprint density at radius 2 is 2.14 bits per heavy atom. The molecule has 0 bridgehead atoms. The maximum Gasteiger partial charge on any atom is 0.226 e. The summed E-state index contributed by atoms with van der Waals surface area (Å²) in [5.74, 6) is 2.85. The molecule has 2 aromatic heterocycles. The minimum absolute atomic E-state index is 0.194. The Morgan fingerprint density at radius 3 is 2.90 bits per heavy atom. The van der Waals surface area contributed by atoms with E-state index in [9.17, 15) is 0 Å². The highest BCUT2D eigenvalue weighted by atomic mass is 16.5. The summed E-state index contributed by atoms with van der Waals surface area (Å²) in [5.41, 5.74) is 0. The van der Waals surface area contributed by atoms with E-state index in [0.717, 1.165) is 56.2 Å². The van der Waals surface area contributed by atoms with Gasteiger partial charge in [0.25, 0.3) is 0 Å². The fourth-order valence-corrected chi connectivity index (χ4v) is 2.72. The minimum atomic E-state index is 0.194. The van der Waals surface area contributed by atoms with E-state index in [2.05, 4.69) is 32.1 Å². The van der Waals surface area contributed by atoms with Crippen LogP contribution >= 0.6 is 0 Å². The van der Waals surface area contributed by atoms with Crippen LogP contribution in [0.4, 0.5) is 0 Å². The normalized spacial score (nSPS) is 19.4. The Bertz CT molecular complexity index is 579. The Morgan fingerprint density at radius 1 is 1.24 bits per heavy atom. The average molecular weight is 291 g/mol. The summed E-state index contributed by atoms with van der Waals surface area (Å²) in [4.78, 5) is 11.1. The van der Waals surface area contributed by atoms with Crippen molar-refractivity contribution < 1.29 is 9.05 Å². The second-order valence-electron chi connectivity index (χ2n) is 5.51. The van der Waals surface area contributed by atoms with Crippen LogP contribution < -0.4 is 0 Å². The predicted molar refractivity (Wildman–Crippen MR) is 74.3 cm³/mol. The topological polar surface area (TPSA) is 81.1 Å². The van der Waals surface area contributed by atoms with Crippen LogP contribution in [0.5, 0.6) is 0 Å². The van der Waals surface area contributed by atoms with Crippen molar-refractivity contribution in [3.63, 3.8) is 0 Å². The van der Waals surface area contributed by atoms with E-state index in [1.807, 2.05) is 6.92 Å². The molecule has 7 nitrogen and oxygen atoms in total. The van der Waals surface area contributed by atoms with Crippen LogP contribution in [0.25, 0.3) is 0 Å². The maximum atomic E-state index is 5.28. The lowest BCUT2D eigenvalue weighted by atomic mass is 10.2. The number of likely N-dealkylation sites (tertiary alicyclic amines) is 1. The third-order valence-corrected chi connectivity index (χ3v) is 3.80. The molecule has 0 aromatic carbocycles. The van der Waals surface area contributed by atoms with Crippen LogP contribution in [0.1, 0.15) is 62.1 Å². The lowest BCUT2D eigenvalue weighted by molar-refractivity contribution is 0.225. The fourth-order valence-electron chi connectivity index (χ4n) is 2.72. The van der Waals surface area contributed by atoms with Crippen molar-refractivity contribution in [2.45, 2.75) is 58.5 Å².